The molecule has 1 amide bonds. The average Bonchev–Trinajstić information content (AvgIpc) is 3.13. The van der Waals surface area contributed by atoms with Crippen molar-refractivity contribution in [3.8, 4) is 11.8 Å². The van der Waals surface area contributed by atoms with Gasteiger partial charge >= 0.3 is 0 Å². The predicted molar refractivity (Wildman–Crippen MR) is 127 cm³/mol. The van der Waals surface area contributed by atoms with Crippen LogP contribution in [0.3, 0.4) is 0 Å². The van der Waals surface area contributed by atoms with Crippen LogP contribution in [0.4, 0.5) is 11.4 Å². The second-order valence-corrected chi connectivity index (χ2v) is 7.74. The monoisotopic (exact) mass is 424 g/mol. The van der Waals surface area contributed by atoms with E-state index in [0.29, 0.717) is 29.1 Å². The Morgan fingerprint density at radius 2 is 1.81 bits per heavy atom. The van der Waals surface area contributed by atoms with Crippen LogP contribution in [0, 0.1) is 11.3 Å². The Balaban J connectivity index is 1.68. The van der Waals surface area contributed by atoms with Crippen LogP contribution in [0.1, 0.15) is 16.7 Å². The number of carbonyl (C=O) groups is 1. The molecule has 1 aliphatic heterocycles. The lowest BCUT2D eigenvalue weighted by molar-refractivity contribution is -0.110. The summed E-state index contributed by atoms with van der Waals surface area (Å²) >= 11 is 0. The number of ether oxygens (including phenoxy) is 1. The lowest BCUT2D eigenvalue weighted by Gasteiger charge is -2.15. The van der Waals surface area contributed by atoms with Crippen molar-refractivity contribution in [2.45, 2.75) is 0 Å². The smallest absolute Gasteiger partial charge is 0.258 e. The molecule has 4 rings (SSSR count). The van der Waals surface area contributed by atoms with Crippen molar-refractivity contribution in [3.05, 3.63) is 89.5 Å². The maximum absolute atomic E-state index is 12.9. The number of nitriles is 1. The van der Waals surface area contributed by atoms with Crippen LogP contribution in [-0.2, 0) is 4.79 Å². The second-order valence-electron chi connectivity index (χ2n) is 7.74. The fourth-order valence-electron chi connectivity index (χ4n) is 3.50. The topological polar surface area (TPSA) is 77.4 Å². The summed E-state index contributed by atoms with van der Waals surface area (Å²) in [5, 5.41) is 15.5. The quantitative estimate of drug-likeness (QED) is 0.549. The Labute approximate surface area is 187 Å². The molecule has 0 aliphatic carbocycles. The number of carbonyl (C=O) groups excluding carboxylic acids is 1. The van der Waals surface area contributed by atoms with Crippen molar-refractivity contribution in [3.63, 3.8) is 0 Å². The van der Waals surface area contributed by atoms with Crippen molar-refractivity contribution >= 4 is 28.6 Å². The Kier molecular flexibility index (Phi) is 6.20. The van der Waals surface area contributed by atoms with Crippen molar-refractivity contribution in [1.82, 2.24) is 4.90 Å². The zero-order valence-corrected chi connectivity index (χ0v) is 18.1. The van der Waals surface area contributed by atoms with Crippen molar-refractivity contribution in [2.75, 3.05) is 37.9 Å². The van der Waals surface area contributed by atoms with Crippen molar-refractivity contribution < 1.29 is 9.53 Å². The molecular formula is C26H24N4O2. The molecule has 0 fully saturated rings. The molecule has 160 valence electrons. The molecule has 6 nitrogen and oxygen atoms in total. The van der Waals surface area contributed by atoms with E-state index in [4.69, 9.17) is 4.74 Å². The highest BCUT2D eigenvalue weighted by molar-refractivity contribution is 6.37. The number of hydrogen-bond acceptors (Lipinski definition) is 5. The average molecular weight is 425 g/mol. The molecule has 1 heterocycles. The summed E-state index contributed by atoms with van der Waals surface area (Å²) in [7, 11) is 4.01. The first-order chi connectivity index (χ1) is 15.5. The lowest BCUT2D eigenvalue weighted by atomic mass is 9.99. The van der Waals surface area contributed by atoms with E-state index in [9.17, 15) is 10.1 Å². The number of rotatable bonds is 7. The first kappa shape index (κ1) is 21.2. The lowest BCUT2D eigenvalue weighted by Crippen LogP contribution is -2.19. The van der Waals surface area contributed by atoms with Crippen molar-refractivity contribution in [2.24, 2.45) is 0 Å². The van der Waals surface area contributed by atoms with E-state index in [1.54, 1.807) is 12.1 Å². The number of nitrogens with one attached hydrogen (secondary N) is 2. The largest absolute Gasteiger partial charge is 0.492 e. The van der Waals surface area contributed by atoms with Crippen LogP contribution in [0.5, 0.6) is 5.75 Å². The summed E-state index contributed by atoms with van der Waals surface area (Å²) in [5.41, 5.74) is 4.89. The maximum atomic E-state index is 12.9. The number of benzene rings is 3. The predicted octanol–water partition coefficient (Wildman–Crippen LogP) is 4.43. The molecule has 0 spiro atoms. The van der Waals surface area contributed by atoms with Crippen LogP contribution in [-0.4, -0.2) is 38.1 Å². The Morgan fingerprint density at radius 3 is 2.50 bits per heavy atom. The molecule has 0 saturated heterocycles. The van der Waals surface area contributed by atoms with Gasteiger partial charge in [-0.2, -0.15) is 5.26 Å². The van der Waals surface area contributed by atoms with Gasteiger partial charge in [-0.25, -0.2) is 0 Å². The molecule has 0 radical (unpaired) electrons. The third-order valence-corrected chi connectivity index (χ3v) is 5.14. The number of likely N-dealkylation sites (N-methyl/N-ethyl adjacent to an activating group) is 1. The molecular weight excluding hydrogens is 400 g/mol. The van der Waals surface area contributed by atoms with E-state index >= 15 is 0 Å². The highest BCUT2D eigenvalue weighted by Gasteiger charge is 2.28. The highest BCUT2D eigenvalue weighted by atomic mass is 16.5. The maximum Gasteiger partial charge on any atom is 0.258 e. The summed E-state index contributed by atoms with van der Waals surface area (Å²) < 4.78 is 5.77. The van der Waals surface area contributed by atoms with Gasteiger partial charge < -0.3 is 20.3 Å². The van der Waals surface area contributed by atoms with Gasteiger partial charge in [-0.1, -0.05) is 36.4 Å². The van der Waals surface area contributed by atoms with Crippen LogP contribution < -0.4 is 15.4 Å². The Hall–Kier alpha value is -4.08. The fourth-order valence-corrected chi connectivity index (χ4v) is 3.50. The third kappa shape index (κ3) is 4.64. The molecule has 0 unspecified atom stereocenters. The zero-order valence-electron chi connectivity index (χ0n) is 18.1. The first-order valence-electron chi connectivity index (χ1n) is 10.4. The number of fused-ring (bicyclic) bond motifs is 1. The van der Waals surface area contributed by atoms with Crippen LogP contribution in [0.15, 0.2) is 72.8 Å². The third-order valence-electron chi connectivity index (χ3n) is 5.14. The SMILES string of the molecule is CN(C)CCOc1ccc(N/C(=C2\C(=O)Nc3cc(C#N)ccc32)c2ccccc2)cc1. The normalized spacial score (nSPS) is 13.9. The molecule has 3 aromatic rings. The first-order valence-corrected chi connectivity index (χ1v) is 10.4. The molecule has 1 aliphatic rings. The molecule has 0 bridgehead atoms. The minimum Gasteiger partial charge on any atom is -0.492 e. The summed E-state index contributed by atoms with van der Waals surface area (Å²) in [4.78, 5) is 15.0. The zero-order chi connectivity index (χ0) is 22.5. The fraction of sp³-hybridized carbons (Fsp3) is 0.154. The van der Waals surface area contributed by atoms with Gasteiger partial charge in [-0.3, -0.25) is 4.79 Å². The summed E-state index contributed by atoms with van der Waals surface area (Å²) in [6, 6.07) is 24.8. The number of anilines is 2. The number of hydrogen-bond donors (Lipinski definition) is 2. The molecule has 0 atom stereocenters. The molecule has 0 saturated carbocycles. The molecule has 3 aromatic carbocycles. The van der Waals surface area contributed by atoms with Gasteiger partial charge in [0.25, 0.3) is 5.91 Å². The van der Waals surface area contributed by atoms with Gasteiger partial charge in [0.15, 0.2) is 0 Å². The van der Waals surface area contributed by atoms with Gasteiger partial charge in [0.1, 0.15) is 12.4 Å². The Morgan fingerprint density at radius 1 is 1.06 bits per heavy atom. The van der Waals surface area contributed by atoms with Gasteiger partial charge in [0, 0.05) is 17.8 Å². The van der Waals surface area contributed by atoms with E-state index in [-0.39, 0.29) is 5.91 Å². The van der Waals surface area contributed by atoms with Crippen LogP contribution in [0.2, 0.25) is 0 Å². The molecule has 6 heteroatoms. The minimum atomic E-state index is -0.204. The minimum absolute atomic E-state index is 0.204. The van der Waals surface area contributed by atoms with E-state index in [0.717, 1.165) is 29.1 Å². The van der Waals surface area contributed by atoms with E-state index in [1.165, 1.54) is 0 Å². The van der Waals surface area contributed by atoms with Crippen LogP contribution >= 0.6 is 0 Å². The van der Waals surface area contributed by atoms with E-state index in [1.807, 2.05) is 74.8 Å². The van der Waals surface area contributed by atoms with Crippen molar-refractivity contribution in [1.29, 1.82) is 5.26 Å². The van der Waals surface area contributed by atoms with Gasteiger partial charge in [-0.15, -0.1) is 0 Å². The number of amides is 1. The summed E-state index contributed by atoms with van der Waals surface area (Å²) in [6.07, 6.45) is 0. The van der Waals surface area contributed by atoms with E-state index < -0.39 is 0 Å². The van der Waals surface area contributed by atoms with Crippen LogP contribution in [0.25, 0.3) is 11.3 Å². The number of nitrogens with zero attached hydrogens (tertiary/aromatic N) is 2. The Bertz CT molecular complexity index is 1190. The van der Waals surface area contributed by atoms with Gasteiger partial charge in [-0.05, 0) is 56.1 Å². The summed E-state index contributed by atoms with van der Waals surface area (Å²) in [6.45, 7) is 1.45. The second kappa shape index (κ2) is 9.38. The highest BCUT2D eigenvalue weighted by Crippen LogP contribution is 2.38. The van der Waals surface area contributed by atoms with Gasteiger partial charge in [0.05, 0.1) is 28.6 Å². The standard InChI is InChI=1S/C26H24N4O2/c1-30(2)14-15-32-21-11-9-20(10-12-21)28-25(19-6-4-3-5-7-19)24-22-13-8-18(17-27)16-23(22)29-26(24)31/h3-13,16,28H,14-15H2,1-2H3,(H,29,31)/b25-24-. The molecule has 2 N–H and O–H groups in total. The van der Waals surface area contributed by atoms with E-state index in [2.05, 4.69) is 21.6 Å². The molecule has 32 heavy (non-hydrogen) atoms. The molecule has 0 aromatic heterocycles. The summed E-state index contributed by atoms with van der Waals surface area (Å²) in [5.74, 6) is 0.587. The van der Waals surface area contributed by atoms with Gasteiger partial charge in [0.2, 0.25) is 0 Å².